The van der Waals surface area contributed by atoms with Crippen molar-refractivity contribution in [3.63, 3.8) is 0 Å². The summed E-state index contributed by atoms with van der Waals surface area (Å²) in [7, 11) is 0. The van der Waals surface area contributed by atoms with Crippen molar-refractivity contribution in [2.24, 2.45) is 0 Å². The Kier molecular flexibility index (Phi) is 17.3. The Morgan fingerprint density at radius 1 is 0.714 bits per heavy atom. The monoisotopic (exact) mass is 583 g/mol. The average molecular weight is 584 g/mol. The number of anilines is 3. The zero-order chi connectivity index (χ0) is 29.5. The SMILES string of the molecule is CCCCCCCCNc1nc(NCCOCCOCCNC(=O)c2ccccc2)nc(NC2CCCCCCC2)n1. The zero-order valence-electron chi connectivity index (χ0n) is 25.7. The summed E-state index contributed by atoms with van der Waals surface area (Å²) in [6.07, 6.45) is 16.3. The first-order valence-electron chi connectivity index (χ1n) is 16.2. The number of benzene rings is 1. The van der Waals surface area contributed by atoms with Crippen LogP contribution in [0.5, 0.6) is 0 Å². The number of unbranched alkanes of at least 4 members (excludes halogenated alkanes) is 5. The summed E-state index contributed by atoms with van der Waals surface area (Å²) >= 11 is 0. The van der Waals surface area contributed by atoms with Gasteiger partial charge in [0.25, 0.3) is 5.91 Å². The van der Waals surface area contributed by atoms with E-state index in [9.17, 15) is 4.79 Å². The van der Waals surface area contributed by atoms with Crippen molar-refractivity contribution in [1.29, 1.82) is 0 Å². The normalized spacial score (nSPS) is 14.1. The van der Waals surface area contributed by atoms with Crippen molar-refractivity contribution in [2.45, 2.75) is 96.4 Å². The maximum absolute atomic E-state index is 12.0. The largest absolute Gasteiger partial charge is 0.377 e. The van der Waals surface area contributed by atoms with Gasteiger partial charge in [-0.15, -0.1) is 0 Å². The van der Waals surface area contributed by atoms with E-state index < -0.39 is 0 Å². The lowest BCUT2D eigenvalue weighted by Crippen LogP contribution is -2.27. The third-order valence-electron chi connectivity index (χ3n) is 7.36. The second-order valence-electron chi connectivity index (χ2n) is 11.0. The zero-order valence-corrected chi connectivity index (χ0v) is 25.7. The van der Waals surface area contributed by atoms with E-state index in [1.807, 2.05) is 18.2 Å². The number of hydrogen-bond donors (Lipinski definition) is 4. The molecular weight excluding hydrogens is 530 g/mol. The summed E-state index contributed by atoms with van der Waals surface area (Å²) in [5.74, 6) is 1.71. The number of nitrogens with one attached hydrogen (secondary N) is 4. The van der Waals surface area contributed by atoms with Crippen molar-refractivity contribution >= 4 is 23.8 Å². The molecule has 42 heavy (non-hydrogen) atoms. The van der Waals surface area contributed by atoms with Crippen LogP contribution in [0, 0.1) is 0 Å². The van der Waals surface area contributed by atoms with Gasteiger partial charge in [-0.1, -0.05) is 89.3 Å². The molecular formula is C32H53N7O3. The van der Waals surface area contributed by atoms with Gasteiger partial charge in [0.15, 0.2) is 0 Å². The van der Waals surface area contributed by atoms with Crippen molar-refractivity contribution in [1.82, 2.24) is 20.3 Å². The van der Waals surface area contributed by atoms with Crippen LogP contribution in [0.4, 0.5) is 17.8 Å². The van der Waals surface area contributed by atoms with Crippen molar-refractivity contribution in [3.05, 3.63) is 35.9 Å². The quantitative estimate of drug-likeness (QED) is 0.130. The summed E-state index contributed by atoms with van der Waals surface area (Å²) < 4.78 is 11.3. The van der Waals surface area contributed by atoms with Gasteiger partial charge in [-0.2, -0.15) is 15.0 Å². The maximum Gasteiger partial charge on any atom is 0.251 e. The Morgan fingerprint density at radius 2 is 1.31 bits per heavy atom. The molecule has 1 heterocycles. The van der Waals surface area contributed by atoms with E-state index >= 15 is 0 Å². The van der Waals surface area contributed by atoms with Gasteiger partial charge in [-0.3, -0.25) is 4.79 Å². The number of hydrogen-bond acceptors (Lipinski definition) is 9. The highest BCUT2D eigenvalue weighted by molar-refractivity contribution is 5.94. The standard InChI is InChI=1S/C32H53N7O3/c1-2-3-4-5-9-15-20-34-30-37-31(39-32(38-30)36-28-18-13-7-6-8-14-19-28)35-22-24-42-26-25-41-23-21-33-29(40)27-16-11-10-12-17-27/h10-12,16-17,28H,2-9,13-15,18-26H2,1H3,(H,33,40)(H3,34,35,36,37,38,39). The Morgan fingerprint density at radius 3 is 2.02 bits per heavy atom. The van der Waals surface area contributed by atoms with Gasteiger partial charge < -0.3 is 30.7 Å². The van der Waals surface area contributed by atoms with E-state index in [1.54, 1.807) is 12.1 Å². The van der Waals surface area contributed by atoms with Gasteiger partial charge in [0.2, 0.25) is 17.8 Å². The predicted octanol–water partition coefficient (Wildman–Crippen LogP) is 6.04. The summed E-state index contributed by atoms with van der Waals surface area (Å²) in [5.41, 5.74) is 0.648. The minimum absolute atomic E-state index is 0.0938. The van der Waals surface area contributed by atoms with Crippen LogP contribution in [0.3, 0.4) is 0 Å². The first-order chi connectivity index (χ1) is 20.7. The van der Waals surface area contributed by atoms with E-state index in [2.05, 4.69) is 38.2 Å². The van der Waals surface area contributed by atoms with Crippen LogP contribution in [-0.2, 0) is 9.47 Å². The molecule has 234 valence electrons. The van der Waals surface area contributed by atoms with Gasteiger partial charge >= 0.3 is 0 Å². The molecule has 1 aliphatic carbocycles. The number of aromatic nitrogens is 3. The van der Waals surface area contributed by atoms with Crippen LogP contribution < -0.4 is 21.3 Å². The number of carbonyl (C=O) groups excluding carboxylic acids is 1. The minimum atomic E-state index is -0.0938. The second-order valence-corrected chi connectivity index (χ2v) is 11.0. The minimum Gasteiger partial charge on any atom is -0.377 e. The first-order valence-corrected chi connectivity index (χ1v) is 16.2. The number of ether oxygens (including phenoxy) is 2. The molecule has 0 radical (unpaired) electrons. The van der Waals surface area contributed by atoms with Crippen LogP contribution in [0.1, 0.15) is 101 Å². The molecule has 4 N–H and O–H groups in total. The highest BCUT2D eigenvalue weighted by Gasteiger charge is 2.14. The van der Waals surface area contributed by atoms with Gasteiger partial charge in [-0.25, -0.2) is 0 Å². The fraction of sp³-hybridized carbons (Fsp3) is 0.688. The molecule has 3 rings (SSSR count). The molecule has 1 aromatic heterocycles. The Balaban J connectivity index is 1.35. The van der Waals surface area contributed by atoms with Crippen molar-refractivity contribution < 1.29 is 14.3 Å². The van der Waals surface area contributed by atoms with Gasteiger partial charge in [0.05, 0.1) is 26.4 Å². The highest BCUT2D eigenvalue weighted by Crippen LogP contribution is 2.20. The molecule has 0 spiro atoms. The molecule has 1 amide bonds. The summed E-state index contributed by atoms with van der Waals surface area (Å²) in [5, 5.41) is 13.1. The number of amides is 1. The van der Waals surface area contributed by atoms with Crippen LogP contribution in [-0.4, -0.2) is 73.0 Å². The molecule has 0 aliphatic heterocycles. The lowest BCUT2D eigenvalue weighted by molar-refractivity contribution is 0.0519. The molecule has 0 unspecified atom stereocenters. The van der Waals surface area contributed by atoms with Crippen LogP contribution in [0.25, 0.3) is 0 Å². The molecule has 1 aliphatic rings. The van der Waals surface area contributed by atoms with Gasteiger partial charge in [-0.05, 0) is 31.4 Å². The topological polar surface area (TPSA) is 122 Å². The molecule has 0 atom stereocenters. The van der Waals surface area contributed by atoms with Crippen LogP contribution >= 0.6 is 0 Å². The second kappa shape index (κ2) is 21.7. The summed E-state index contributed by atoms with van der Waals surface area (Å²) in [4.78, 5) is 26.0. The lowest BCUT2D eigenvalue weighted by Gasteiger charge is -2.21. The van der Waals surface area contributed by atoms with E-state index in [-0.39, 0.29) is 5.91 Å². The van der Waals surface area contributed by atoms with Gasteiger partial charge in [0.1, 0.15) is 0 Å². The van der Waals surface area contributed by atoms with E-state index in [4.69, 9.17) is 14.5 Å². The molecule has 2 aromatic rings. The van der Waals surface area contributed by atoms with Crippen molar-refractivity contribution in [3.8, 4) is 0 Å². The third kappa shape index (κ3) is 14.8. The Bertz CT molecular complexity index is 972. The van der Waals surface area contributed by atoms with Crippen molar-refractivity contribution in [2.75, 3.05) is 62.0 Å². The molecule has 10 nitrogen and oxygen atoms in total. The third-order valence-corrected chi connectivity index (χ3v) is 7.36. The van der Waals surface area contributed by atoms with Crippen LogP contribution in [0.15, 0.2) is 30.3 Å². The molecule has 0 bridgehead atoms. The fourth-order valence-corrected chi connectivity index (χ4v) is 4.97. The Labute approximate surface area is 252 Å². The van der Waals surface area contributed by atoms with E-state index in [0.717, 1.165) is 25.8 Å². The average Bonchev–Trinajstić information content (AvgIpc) is 2.99. The summed E-state index contributed by atoms with van der Waals surface area (Å²) in [6, 6.07) is 9.57. The smallest absolute Gasteiger partial charge is 0.251 e. The highest BCUT2D eigenvalue weighted by atomic mass is 16.5. The number of carbonyl (C=O) groups is 1. The van der Waals surface area contributed by atoms with E-state index in [1.165, 1.54) is 64.2 Å². The van der Waals surface area contributed by atoms with E-state index in [0.29, 0.717) is 69.0 Å². The maximum atomic E-state index is 12.0. The summed E-state index contributed by atoms with van der Waals surface area (Å²) in [6.45, 7) is 6.04. The predicted molar refractivity (Wildman–Crippen MR) is 170 cm³/mol. The Hall–Kier alpha value is -2.98. The number of nitrogens with zero attached hydrogens (tertiary/aromatic N) is 3. The van der Waals surface area contributed by atoms with Gasteiger partial charge in [0, 0.05) is 31.2 Å². The fourth-order valence-electron chi connectivity index (χ4n) is 4.97. The molecule has 1 fully saturated rings. The molecule has 1 saturated carbocycles. The lowest BCUT2D eigenvalue weighted by atomic mass is 9.97. The first kappa shape index (κ1) is 33.5. The van der Waals surface area contributed by atoms with Crippen LogP contribution in [0.2, 0.25) is 0 Å². The number of rotatable bonds is 21. The molecule has 1 aromatic carbocycles. The molecule has 10 heteroatoms. The molecule has 0 saturated heterocycles.